The second-order valence-electron chi connectivity index (χ2n) is 3.08. The molecule has 1 atom stereocenters. The topological polar surface area (TPSA) is 50.1 Å². The molecular formula is C9H15NO2. The van der Waals surface area contributed by atoms with Gasteiger partial charge in [0, 0.05) is 6.42 Å². The molecule has 0 radical (unpaired) electrons. The van der Waals surface area contributed by atoms with Gasteiger partial charge >= 0.3 is 5.97 Å². The van der Waals surface area contributed by atoms with Crippen LogP contribution in [0.25, 0.3) is 0 Å². The van der Waals surface area contributed by atoms with Crippen molar-refractivity contribution in [2.75, 3.05) is 0 Å². The van der Waals surface area contributed by atoms with Crippen molar-refractivity contribution < 1.29 is 9.53 Å². The number of carbonyl (C=O) groups is 1. The molecule has 0 N–H and O–H groups in total. The van der Waals surface area contributed by atoms with E-state index in [1.54, 1.807) is 6.92 Å². The first-order chi connectivity index (χ1) is 5.57. The lowest BCUT2D eigenvalue weighted by Crippen LogP contribution is -2.18. The number of nitriles is 1. The van der Waals surface area contributed by atoms with Gasteiger partial charge in [-0.3, -0.25) is 4.79 Å². The van der Waals surface area contributed by atoms with Crippen LogP contribution >= 0.6 is 0 Å². The van der Waals surface area contributed by atoms with Crippen LogP contribution in [0, 0.1) is 17.2 Å². The minimum atomic E-state index is -0.208. The van der Waals surface area contributed by atoms with E-state index in [1.807, 2.05) is 19.9 Å². The van der Waals surface area contributed by atoms with E-state index in [9.17, 15) is 4.79 Å². The third-order valence-corrected chi connectivity index (χ3v) is 1.44. The Morgan fingerprint density at radius 1 is 1.50 bits per heavy atom. The number of esters is 1. The highest BCUT2D eigenvalue weighted by atomic mass is 16.5. The molecule has 0 aromatic carbocycles. The first-order valence-electron chi connectivity index (χ1n) is 4.15. The van der Waals surface area contributed by atoms with Crippen molar-refractivity contribution in [2.24, 2.45) is 5.92 Å². The lowest BCUT2D eigenvalue weighted by Gasteiger charge is -2.11. The highest BCUT2D eigenvalue weighted by Crippen LogP contribution is 2.08. The summed E-state index contributed by atoms with van der Waals surface area (Å²) in [5, 5.41) is 8.28. The van der Waals surface area contributed by atoms with Crippen molar-refractivity contribution >= 4 is 5.97 Å². The van der Waals surface area contributed by atoms with Crippen LogP contribution in [0.5, 0.6) is 0 Å². The quantitative estimate of drug-likeness (QED) is 0.604. The first kappa shape index (κ1) is 11.0. The van der Waals surface area contributed by atoms with Gasteiger partial charge in [-0.15, -0.1) is 0 Å². The van der Waals surface area contributed by atoms with Gasteiger partial charge in [0.25, 0.3) is 0 Å². The Bertz CT molecular complexity index is 181. The van der Waals surface area contributed by atoms with Crippen molar-refractivity contribution in [3.8, 4) is 6.07 Å². The summed E-state index contributed by atoms with van der Waals surface area (Å²) < 4.78 is 4.96. The Morgan fingerprint density at radius 3 is 2.50 bits per heavy atom. The Labute approximate surface area is 73.3 Å². The fraction of sp³-hybridized carbons (Fsp3) is 0.778. The van der Waals surface area contributed by atoms with Crippen molar-refractivity contribution in [1.29, 1.82) is 5.26 Å². The third kappa shape index (κ3) is 4.73. The fourth-order valence-electron chi connectivity index (χ4n) is 0.747. The fourth-order valence-corrected chi connectivity index (χ4v) is 0.747. The van der Waals surface area contributed by atoms with Crippen LogP contribution in [0.4, 0.5) is 0 Å². The van der Waals surface area contributed by atoms with Gasteiger partial charge < -0.3 is 4.74 Å². The van der Waals surface area contributed by atoms with E-state index in [-0.39, 0.29) is 18.0 Å². The lowest BCUT2D eigenvalue weighted by molar-refractivity contribution is -0.151. The Balaban J connectivity index is 3.70. The molecule has 0 saturated heterocycles. The zero-order valence-electron chi connectivity index (χ0n) is 7.83. The number of ether oxygens (including phenoxy) is 1. The molecule has 68 valence electrons. The normalized spacial score (nSPS) is 12.2. The predicted molar refractivity (Wildman–Crippen MR) is 45.2 cm³/mol. The van der Waals surface area contributed by atoms with Gasteiger partial charge in [0.2, 0.25) is 0 Å². The van der Waals surface area contributed by atoms with E-state index in [1.165, 1.54) is 0 Å². The molecule has 0 rings (SSSR count). The van der Waals surface area contributed by atoms with E-state index in [0.717, 1.165) is 0 Å². The molecule has 0 aliphatic carbocycles. The smallest absolute Gasteiger partial charge is 0.308 e. The number of nitrogens with zero attached hydrogens (tertiary/aromatic N) is 1. The van der Waals surface area contributed by atoms with Crippen LogP contribution in [-0.2, 0) is 9.53 Å². The van der Waals surface area contributed by atoms with Crippen LogP contribution in [0.15, 0.2) is 0 Å². The van der Waals surface area contributed by atoms with E-state index < -0.39 is 0 Å². The molecule has 0 amide bonds. The van der Waals surface area contributed by atoms with Crippen LogP contribution < -0.4 is 0 Å². The predicted octanol–water partition coefficient (Wildman–Crippen LogP) is 1.88. The van der Waals surface area contributed by atoms with Gasteiger partial charge in [-0.25, -0.2) is 0 Å². The van der Waals surface area contributed by atoms with E-state index in [0.29, 0.717) is 12.8 Å². The molecule has 0 aliphatic rings. The Kier molecular flexibility index (Phi) is 5.11. The molecule has 0 aromatic rings. The van der Waals surface area contributed by atoms with Crippen molar-refractivity contribution in [2.45, 2.75) is 39.7 Å². The van der Waals surface area contributed by atoms with Gasteiger partial charge in [0.05, 0.1) is 18.1 Å². The molecule has 3 heteroatoms. The highest BCUT2D eigenvalue weighted by Gasteiger charge is 2.14. The molecule has 1 unspecified atom stereocenters. The molecule has 12 heavy (non-hydrogen) atoms. The van der Waals surface area contributed by atoms with Gasteiger partial charge in [0.1, 0.15) is 0 Å². The minimum Gasteiger partial charge on any atom is -0.463 e. The summed E-state index contributed by atoms with van der Waals surface area (Å²) in [5.74, 6) is -0.368. The van der Waals surface area contributed by atoms with Crippen LogP contribution in [-0.4, -0.2) is 12.1 Å². The average Bonchev–Trinajstić information content (AvgIpc) is 1.98. The SMILES string of the molecule is CC(C)OC(=O)C(C)CCC#N. The molecule has 0 saturated carbocycles. The highest BCUT2D eigenvalue weighted by molar-refractivity contribution is 5.72. The van der Waals surface area contributed by atoms with E-state index >= 15 is 0 Å². The molecule has 0 heterocycles. The molecule has 0 spiro atoms. The summed E-state index contributed by atoms with van der Waals surface area (Å²) in [4.78, 5) is 11.1. The number of rotatable bonds is 4. The maximum atomic E-state index is 11.1. The van der Waals surface area contributed by atoms with Crippen molar-refractivity contribution in [3.05, 3.63) is 0 Å². The first-order valence-corrected chi connectivity index (χ1v) is 4.15. The van der Waals surface area contributed by atoms with E-state index in [4.69, 9.17) is 10.00 Å². The summed E-state index contributed by atoms with van der Waals surface area (Å²) in [5.41, 5.74) is 0. The zero-order valence-corrected chi connectivity index (χ0v) is 7.83. The Morgan fingerprint density at radius 2 is 2.08 bits per heavy atom. The zero-order chi connectivity index (χ0) is 9.56. The number of hydrogen-bond donors (Lipinski definition) is 0. The standard InChI is InChI=1S/C9H15NO2/c1-7(2)12-9(11)8(3)5-4-6-10/h7-8H,4-5H2,1-3H3. The summed E-state index contributed by atoms with van der Waals surface area (Å²) in [6, 6.07) is 2.00. The van der Waals surface area contributed by atoms with Crippen LogP contribution in [0.1, 0.15) is 33.6 Å². The molecular weight excluding hydrogens is 154 g/mol. The van der Waals surface area contributed by atoms with Gasteiger partial charge in [-0.05, 0) is 20.3 Å². The van der Waals surface area contributed by atoms with Crippen molar-refractivity contribution in [3.63, 3.8) is 0 Å². The molecule has 0 aromatic heterocycles. The molecule has 3 nitrogen and oxygen atoms in total. The van der Waals surface area contributed by atoms with Gasteiger partial charge in [0.15, 0.2) is 0 Å². The van der Waals surface area contributed by atoms with Gasteiger partial charge in [-0.2, -0.15) is 5.26 Å². The largest absolute Gasteiger partial charge is 0.463 e. The number of hydrogen-bond acceptors (Lipinski definition) is 3. The number of carbonyl (C=O) groups excluding carboxylic acids is 1. The monoisotopic (exact) mass is 169 g/mol. The molecule has 0 fully saturated rings. The van der Waals surface area contributed by atoms with Crippen LogP contribution in [0.2, 0.25) is 0 Å². The maximum Gasteiger partial charge on any atom is 0.308 e. The van der Waals surface area contributed by atoms with Crippen molar-refractivity contribution in [1.82, 2.24) is 0 Å². The second kappa shape index (κ2) is 5.59. The molecule has 0 bridgehead atoms. The summed E-state index contributed by atoms with van der Waals surface area (Å²) in [7, 11) is 0. The maximum absolute atomic E-state index is 11.1. The third-order valence-electron chi connectivity index (χ3n) is 1.44. The van der Waals surface area contributed by atoms with Crippen LogP contribution in [0.3, 0.4) is 0 Å². The summed E-state index contributed by atoms with van der Waals surface area (Å²) in [6.45, 7) is 5.41. The molecule has 0 aliphatic heterocycles. The average molecular weight is 169 g/mol. The minimum absolute atomic E-state index is 0.0676. The van der Waals surface area contributed by atoms with E-state index in [2.05, 4.69) is 0 Å². The summed E-state index contributed by atoms with van der Waals surface area (Å²) in [6.07, 6.45) is 0.929. The summed E-state index contributed by atoms with van der Waals surface area (Å²) >= 11 is 0. The van der Waals surface area contributed by atoms with Gasteiger partial charge in [-0.1, -0.05) is 6.92 Å². The second-order valence-corrected chi connectivity index (χ2v) is 3.08. The Hall–Kier alpha value is -1.04. The lowest BCUT2D eigenvalue weighted by atomic mass is 10.1.